The van der Waals surface area contributed by atoms with Crippen molar-refractivity contribution in [2.24, 2.45) is 15.9 Å². The quantitative estimate of drug-likeness (QED) is 0.787. The van der Waals surface area contributed by atoms with E-state index in [1.807, 2.05) is 23.9 Å². The highest BCUT2D eigenvalue weighted by Crippen LogP contribution is 2.39. The average molecular weight is 362 g/mol. The van der Waals surface area contributed by atoms with E-state index >= 15 is 0 Å². The molecule has 26 heavy (non-hydrogen) atoms. The van der Waals surface area contributed by atoms with Crippen molar-refractivity contribution in [3.8, 4) is 0 Å². The first-order chi connectivity index (χ1) is 12.3. The Bertz CT molecular complexity index is 691. The van der Waals surface area contributed by atoms with Crippen LogP contribution in [0.5, 0.6) is 0 Å². The Kier molecular flexibility index (Phi) is 6.79. The fourth-order valence-corrected chi connectivity index (χ4v) is 3.28. The van der Waals surface area contributed by atoms with Crippen LogP contribution in [0.1, 0.15) is 20.3 Å². The van der Waals surface area contributed by atoms with Gasteiger partial charge in [0.15, 0.2) is 11.6 Å². The number of pyridine rings is 1. The SMILES string of the molecule is C=Nc1c(N2C[C@@H](C)C[C@@H](NC(=O)CN(C)C)C2)ncc(F)c1/N=C\C. The molecule has 0 bridgehead atoms. The van der Waals surface area contributed by atoms with Crippen LogP contribution in [0.2, 0.25) is 0 Å². The van der Waals surface area contributed by atoms with Gasteiger partial charge in [0.25, 0.3) is 0 Å². The number of rotatable bonds is 6. The maximum Gasteiger partial charge on any atom is 0.234 e. The number of aromatic nitrogens is 1. The lowest BCUT2D eigenvalue weighted by molar-refractivity contribution is -0.122. The van der Waals surface area contributed by atoms with Crippen LogP contribution in [-0.2, 0) is 4.79 Å². The second-order valence-corrected chi connectivity index (χ2v) is 6.92. The first kappa shape index (κ1) is 20.0. The molecule has 0 aromatic carbocycles. The molecule has 1 amide bonds. The van der Waals surface area contributed by atoms with Gasteiger partial charge in [-0.2, -0.15) is 0 Å². The van der Waals surface area contributed by atoms with Gasteiger partial charge in [-0.25, -0.2) is 9.37 Å². The van der Waals surface area contributed by atoms with Crippen LogP contribution < -0.4 is 10.2 Å². The van der Waals surface area contributed by atoms with Gasteiger partial charge in [0.05, 0.1) is 12.7 Å². The average Bonchev–Trinajstić information content (AvgIpc) is 2.55. The third kappa shape index (κ3) is 4.85. The number of likely N-dealkylation sites (N-methyl/N-ethyl adjacent to an activating group) is 1. The monoisotopic (exact) mass is 362 g/mol. The van der Waals surface area contributed by atoms with Crippen molar-refractivity contribution >= 4 is 36.0 Å². The molecule has 142 valence electrons. The van der Waals surface area contributed by atoms with Crippen molar-refractivity contribution in [3.05, 3.63) is 12.0 Å². The van der Waals surface area contributed by atoms with E-state index in [0.29, 0.717) is 30.5 Å². The molecular formula is C18H27FN6O. The number of carbonyl (C=O) groups excluding carboxylic acids is 1. The molecule has 1 N–H and O–H groups in total. The molecule has 8 heteroatoms. The van der Waals surface area contributed by atoms with Gasteiger partial charge in [0.2, 0.25) is 5.91 Å². The van der Waals surface area contributed by atoms with Crippen molar-refractivity contribution in [3.63, 3.8) is 0 Å². The highest BCUT2D eigenvalue weighted by molar-refractivity contribution is 5.81. The standard InChI is InChI=1S/C18H27FN6O/c1-6-21-16-14(19)8-22-18(17(16)20-3)25-9-12(2)7-13(10-25)23-15(26)11-24(4)5/h6,8,12-13H,3,7,9-11H2,1-2,4-5H3,(H,23,26)/b21-6-/t12-,13+/m0/s1. The highest BCUT2D eigenvalue weighted by atomic mass is 19.1. The largest absolute Gasteiger partial charge is 0.352 e. The van der Waals surface area contributed by atoms with Crippen LogP contribution in [0, 0.1) is 11.7 Å². The number of nitrogens with zero attached hydrogens (tertiary/aromatic N) is 5. The molecule has 2 atom stereocenters. The Hall–Kier alpha value is -2.35. The summed E-state index contributed by atoms with van der Waals surface area (Å²) in [7, 11) is 3.71. The molecule has 0 saturated carbocycles. The lowest BCUT2D eigenvalue weighted by Crippen LogP contribution is -2.52. The fourth-order valence-electron chi connectivity index (χ4n) is 3.28. The maximum absolute atomic E-state index is 14.1. The number of amides is 1. The number of piperidine rings is 1. The molecule has 2 heterocycles. The summed E-state index contributed by atoms with van der Waals surface area (Å²) in [6.07, 6.45) is 3.55. The number of nitrogens with one attached hydrogen (secondary N) is 1. The fraction of sp³-hybridized carbons (Fsp3) is 0.556. The summed E-state index contributed by atoms with van der Waals surface area (Å²) >= 11 is 0. The zero-order valence-corrected chi connectivity index (χ0v) is 15.9. The van der Waals surface area contributed by atoms with E-state index in [1.54, 1.807) is 6.92 Å². The zero-order valence-electron chi connectivity index (χ0n) is 15.9. The normalized spacial score (nSPS) is 20.6. The molecule has 1 saturated heterocycles. The molecule has 2 rings (SSSR count). The summed E-state index contributed by atoms with van der Waals surface area (Å²) in [4.78, 5) is 28.2. The van der Waals surface area contributed by atoms with Gasteiger partial charge in [-0.05, 0) is 40.1 Å². The number of anilines is 1. The van der Waals surface area contributed by atoms with Gasteiger partial charge >= 0.3 is 0 Å². The highest BCUT2D eigenvalue weighted by Gasteiger charge is 2.29. The maximum atomic E-state index is 14.1. The molecule has 1 aliphatic heterocycles. The van der Waals surface area contributed by atoms with Crippen LogP contribution in [0.15, 0.2) is 16.2 Å². The number of hydrogen-bond acceptors (Lipinski definition) is 6. The third-order valence-corrected chi connectivity index (χ3v) is 4.16. The molecule has 1 fully saturated rings. The smallest absolute Gasteiger partial charge is 0.234 e. The van der Waals surface area contributed by atoms with E-state index in [-0.39, 0.29) is 17.6 Å². The lowest BCUT2D eigenvalue weighted by Gasteiger charge is -2.38. The molecule has 1 aromatic rings. The van der Waals surface area contributed by atoms with Gasteiger partial charge in [-0.1, -0.05) is 6.92 Å². The summed E-state index contributed by atoms with van der Waals surface area (Å²) in [6.45, 7) is 9.06. The lowest BCUT2D eigenvalue weighted by atomic mass is 9.95. The van der Waals surface area contributed by atoms with Crippen molar-refractivity contribution in [1.29, 1.82) is 0 Å². The molecule has 0 radical (unpaired) electrons. The Morgan fingerprint density at radius 3 is 2.85 bits per heavy atom. The van der Waals surface area contributed by atoms with Crippen molar-refractivity contribution in [2.45, 2.75) is 26.3 Å². The predicted octanol–water partition coefficient (Wildman–Crippen LogP) is 2.17. The second-order valence-electron chi connectivity index (χ2n) is 6.92. The molecule has 1 aliphatic rings. The topological polar surface area (TPSA) is 73.2 Å². The van der Waals surface area contributed by atoms with Gasteiger partial charge < -0.3 is 15.1 Å². The summed E-state index contributed by atoms with van der Waals surface area (Å²) < 4.78 is 14.1. The van der Waals surface area contributed by atoms with E-state index in [2.05, 4.69) is 33.9 Å². The molecule has 1 aromatic heterocycles. The molecule has 0 aliphatic carbocycles. The third-order valence-electron chi connectivity index (χ3n) is 4.16. The van der Waals surface area contributed by atoms with E-state index in [0.717, 1.165) is 19.2 Å². The van der Waals surface area contributed by atoms with Crippen LogP contribution >= 0.6 is 0 Å². The molecule has 0 unspecified atom stereocenters. The number of hydrogen-bond donors (Lipinski definition) is 1. The van der Waals surface area contributed by atoms with Crippen molar-refractivity contribution in [2.75, 3.05) is 38.6 Å². The Labute approximate surface area is 154 Å². The van der Waals surface area contributed by atoms with Gasteiger partial charge in [0.1, 0.15) is 11.4 Å². The Balaban J connectivity index is 2.26. The van der Waals surface area contributed by atoms with E-state index in [1.165, 1.54) is 6.21 Å². The summed E-state index contributed by atoms with van der Waals surface area (Å²) in [6, 6.07) is -0.00570. The van der Waals surface area contributed by atoms with Crippen LogP contribution in [0.25, 0.3) is 0 Å². The van der Waals surface area contributed by atoms with Crippen molar-refractivity contribution in [1.82, 2.24) is 15.2 Å². The minimum absolute atomic E-state index is 0.00570. The molecule has 7 nitrogen and oxygen atoms in total. The first-order valence-corrected chi connectivity index (χ1v) is 8.68. The molecular weight excluding hydrogens is 335 g/mol. The van der Waals surface area contributed by atoms with E-state index < -0.39 is 5.82 Å². The van der Waals surface area contributed by atoms with Crippen LogP contribution in [0.4, 0.5) is 21.6 Å². The summed E-state index contributed by atoms with van der Waals surface area (Å²) in [5, 5.41) is 3.07. The predicted molar refractivity (Wildman–Crippen MR) is 104 cm³/mol. The van der Waals surface area contributed by atoms with E-state index in [4.69, 9.17) is 0 Å². The first-order valence-electron chi connectivity index (χ1n) is 8.68. The van der Waals surface area contributed by atoms with Gasteiger partial charge in [0, 0.05) is 25.3 Å². The summed E-state index contributed by atoms with van der Waals surface area (Å²) in [5.74, 6) is 0.339. The van der Waals surface area contributed by atoms with Gasteiger partial charge in [-0.15, -0.1) is 0 Å². The van der Waals surface area contributed by atoms with Gasteiger partial charge in [-0.3, -0.25) is 14.8 Å². The number of aliphatic imine (C=N–C) groups is 2. The molecule has 0 spiro atoms. The zero-order chi connectivity index (χ0) is 19.3. The minimum Gasteiger partial charge on any atom is -0.352 e. The summed E-state index contributed by atoms with van der Waals surface area (Å²) in [5.41, 5.74) is 0.467. The van der Waals surface area contributed by atoms with Crippen LogP contribution in [0.3, 0.4) is 0 Å². The van der Waals surface area contributed by atoms with E-state index in [9.17, 15) is 9.18 Å². The van der Waals surface area contributed by atoms with Crippen molar-refractivity contribution < 1.29 is 9.18 Å². The Morgan fingerprint density at radius 1 is 1.50 bits per heavy atom. The van der Waals surface area contributed by atoms with Crippen LogP contribution in [-0.4, -0.2) is 68.5 Å². The Morgan fingerprint density at radius 2 is 2.23 bits per heavy atom. The number of carbonyl (C=O) groups is 1. The number of halogens is 1. The minimum atomic E-state index is -0.532. The second kappa shape index (κ2) is 8.84.